The van der Waals surface area contributed by atoms with Crippen molar-refractivity contribution in [3.63, 3.8) is 0 Å². The van der Waals surface area contributed by atoms with Crippen LogP contribution < -0.4 is 0 Å². The van der Waals surface area contributed by atoms with Crippen molar-refractivity contribution >= 4 is 23.1 Å². The van der Waals surface area contributed by atoms with Crippen LogP contribution in [0.3, 0.4) is 0 Å². The summed E-state index contributed by atoms with van der Waals surface area (Å²) in [4.78, 5) is 22.0. The average Bonchev–Trinajstić information content (AvgIpc) is 2.71. The van der Waals surface area contributed by atoms with Crippen molar-refractivity contribution < 1.29 is 9.72 Å². The summed E-state index contributed by atoms with van der Waals surface area (Å²) in [5.41, 5.74) is -0.467. The molecule has 0 spiro atoms. The third-order valence-corrected chi connectivity index (χ3v) is 2.40. The molecular formula is C10H6ClN3O3. The molecule has 2 aromatic rings. The number of rotatable bonds is 3. The molecule has 0 bridgehead atoms. The smallest absolute Gasteiger partial charge is 0.286 e. The van der Waals surface area contributed by atoms with Gasteiger partial charge in [0.25, 0.3) is 0 Å². The number of nitrogens with zero attached hydrogens (tertiary/aromatic N) is 2. The van der Waals surface area contributed by atoms with E-state index in [2.05, 4.69) is 10.2 Å². The second-order valence-electron chi connectivity index (χ2n) is 3.19. The van der Waals surface area contributed by atoms with Crippen molar-refractivity contribution in [2.24, 2.45) is 0 Å². The molecule has 0 amide bonds. The number of nitro groups is 1. The Hall–Kier alpha value is -2.21. The van der Waals surface area contributed by atoms with Crippen molar-refractivity contribution in [2.75, 3.05) is 0 Å². The highest BCUT2D eigenvalue weighted by Crippen LogP contribution is 2.27. The van der Waals surface area contributed by atoms with Crippen molar-refractivity contribution in [1.29, 1.82) is 0 Å². The fourth-order valence-electron chi connectivity index (χ4n) is 1.37. The van der Waals surface area contributed by atoms with Crippen LogP contribution in [0.2, 0.25) is 5.15 Å². The predicted octanol–water partition coefficient (Wildman–Crippen LogP) is 2.20. The Morgan fingerprint density at radius 2 is 2.00 bits per heavy atom. The standard InChI is InChI=1S/C10H6ClN3O3/c11-10-8(14(16)17)7(12-13-10)9(15)6-4-2-1-3-5-6/h1-5H,(H,12,13). The minimum Gasteiger partial charge on any atom is -0.286 e. The molecule has 0 radical (unpaired) electrons. The summed E-state index contributed by atoms with van der Waals surface area (Å²) in [5, 5.41) is 16.3. The van der Waals surface area contributed by atoms with Gasteiger partial charge in [0, 0.05) is 5.56 Å². The summed E-state index contributed by atoms with van der Waals surface area (Å²) in [6, 6.07) is 8.16. The van der Waals surface area contributed by atoms with E-state index in [1.807, 2.05) is 0 Å². The molecule has 7 heteroatoms. The van der Waals surface area contributed by atoms with Crippen LogP contribution in [0.15, 0.2) is 30.3 Å². The van der Waals surface area contributed by atoms with Gasteiger partial charge in [-0.3, -0.25) is 20.0 Å². The fraction of sp³-hybridized carbons (Fsp3) is 0. The molecule has 0 saturated carbocycles. The predicted molar refractivity (Wildman–Crippen MR) is 60.1 cm³/mol. The Labute approximate surface area is 100 Å². The summed E-state index contributed by atoms with van der Waals surface area (Å²) in [6.07, 6.45) is 0. The molecule has 2 rings (SSSR count). The number of hydrogen-bond donors (Lipinski definition) is 1. The van der Waals surface area contributed by atoms with Gasteiger partial charge < -0.3 is 0 Å². The molecule has 0 fully saturated rings. The normalized spacial score (nSPS) is 10.2. The monoisotopic (exact) mass is 251 g/mol. The van der Waals surface area contributed by atoms with Gasteiger partial charge in [0.2, 0.25) is 16.6 Å². The topological polar surface area (TPSA) is 88.9 Å². The van der Waals surface area contributed by atoms with E-state index in [4.69, 9.17) is 11.6 Å². The number of aromatic nitrogens is 2. The lowest BCUT2D eigenvalue weighted by Crippen LogP contribution is -2.04. The van der Waals surface area contributed by atoms with Gasteiger partial charge in [-0.25, -0.2) is 0 Å². The number of carbonyl (C=O) groups is 1. The SMILES string of the molecule is O=C(c1ccccc1)c1n[nH]c(Cl)c1[N+](=O)[O-]. The highest BCUT2D eigenvalue weighted by atomic mass is 35.5. The van der Waals surface area contributed by atoms with E-state index >= 15 is 0 Å². The lowest BCUT2D eigenvalue weighted by Gasteiger charge is -1.96. The van der Waals surface area contributed by atoms with E-state index in [-0.39, 0.29) is 10.8 Å². The lowest BCUT2D eigenvalue weighted by molar-refractivity contribution is -0.384. The summed E-state index contributed by atoms with van der Waals surface area (Å²) in [6.45, 7) is 0. The Morgan fingerprint density at radius 3 is 2.59 bits per heavy atom. The Balaban J connectivity index is 2.49. The zero-order valence-electron chi connectivity index (χ0n) is 8.38. The molecule has 1 N–H and O–H groups in total. The maximum Gasteiger partial charge on any atom is 0.337 e. The molecule has 0 unspecified atom stereocenters. The molecule has 1 heterocycles. The van der Waals surface area contributed by atoms with Crippen molar-refractivity contribution in [3.05, 3.63) is 56.9 Å². The van der Waals surface area contributed by atoms with Gasteiger partial charge in [-0.15, -0.1) is 0 Å². The van der Waals surface area contributed by atoms with Gasteiger partial charge in [0.1, 0.15) is 0 Å². The highest BCUT2D eigenvalue weighted by molar-refractivity contribution is 6.32. The second kappa shape index (κ2) is 4.34. The van der Waals surface area contributed by atoms with E-state index < -0.39 is 16.4 Å². The van der Waals surface area contributed by atoms with Gasteiger partial charge in [-0.1, -0.05) is 41.9 Å². The van der Waals surface area contributed by atoms with Crippen molar-refractivity contribution in [1.82, 2.24) is 10.2 Å². The van der Waals surface area contributed by atoms with Crippen LogP contribution in [-0.4, -0.2) is 20.9 Å². The maximum atomic E-state index is 11.9. The Bertz CT molecular complexity index is 580. The molecular weight excluding hydrogens is 246 g/mol. The number of hydrogen-bond acceptors (Lipinski definition) is 4. The van der Waals surface area contributed by atoms with Crippen LogP contribution in [-0.2, 0) is 0 Å². The largest absolute Gasteiger partial charge is 0.337 e. The van der Waals surface area contributed by atoms with Crippen molar-refractivity contribution in [3.8, 4) is 0 Å². The second-order valence-corrected chi connectivity index (χ2v) is 3.57. The minimum absolute atomic E-state index is 0.255. The fourth-order valence-corrected chi connectivity index (χ4v) is 1.57. The quantitative estimate of drug-likeness (QED) is 0.514. The summed E-state index contributed by atoms with van der Waals surface area (Å²) in [7, 11) is 0. The average molecular weight is 252 g/mol. The number of ketones is 1. The number of nitrogens with one attached hydrogen (secondary N) is 1. The molecule has 0 saturated heterocycles. The van der Waals surface area contributed by atoms with Crippen molar-refractivity contribution in [2.45, 2.75) is 0 Å². The van der Waals surface area contributed by atoms with Crippen LogP contribution in [0.4, 0.5) is 5.69 Å². The zero-order valence-corrected chi connectivity index (χ0v) is 9.14. The molecule has 86 valence electrons. The van der Waals surface area contributed by atoms with E-state index in [0.29, 0.717) is 5.56 Å². The van der Waals surface area contributed by atoms with Gasteiger partial charge in [0.15, 0.2) is 0 Å². The molecule has 6 nitrogen and oxygen atoms in total. The third kappa shape index (κ3) is 2.02. The summed E-state index contributed by atoms with van der Waals surface area (Å²) < 4.78 is 0. The molecule has 0 aliphatic heterocycles. The third-order valence-electron chi connectivity index (χ3n) is 2.13. The van der Waals surface area contributed by atoms with Crippen LogP contribution in [0.25, 0.3) is 0 Å². The molecule has 17 heavy (non-hydrogen) atoms. The van der Waals surface area contributed by atoms with Gasteiger partial charge >= 0.3 is 5.69 Å². The van der Waals surface area contributed by atoms with Gasteiger partial charge in [-0.05, 0) is 0 Å². The number of halogens is 1. The van der Waals surface area contributed by atoms with E-state index in [1.54, 1.807) is 30.3 Å². The first kappa shape index (κ1) is 11.3. The van der Waals surface area contributed by atoms with Crippen LogP contribution >= 0.6 is 11.6 Å². The first-order chi connectivity index (χ1) is 8.11. The molecule has 0 aliphatic carbocycles. The zero-order chi connectivity index (χ0) is 12.4. The molecule has 1 aromatic carbocycles. The Kier molecular flexibility index (Phi) is 2.88. The minimum atomic E-state index is -0.734. The van der Waals surface area contributed by atoms with E-state index in [1.165, 1.54) is 0 Å². The number of H-pyrrole nitrogens is 1. The van der Waals surface area contributed by atoms with Crippen LogP contribution in [0.1, 0.15) is 16.1 Å². The Morgan fingerprint density at radius 1 is 1.35 bits per heavy atom. The van der Waals surface area contributed by atoms with E-state index in [9.17, 15) is 14.9 Å². The van der Waals surface area contributed by atoms with E-state index in [0.717, 1.165) is 0 Å². The van der Waals surface area contributed by atoms with Crippen LogP contribution in [0, 0.1) is 10.1 Å². The highest BCUT2D eigenvalue weighted by Gasteiger charge is 2.28. The number of carbonyl (C=O) groups excluding carboxylic acids is 1. The van der Waals surface area contributed by atoms with Crippen LogP contribution in [0.5, 0.6) is 0 Å². The maximum absolute atomic E-state index is 11.9. The molecule has 1 aromatic heterocycles. The first-order valence-corrected chi connectivity index (χ1v) is 4.97. The summed E-state index contributed by atoms with van der Waals surface area (Å²) in [5.74, 6) is -0.541. The number of aromatic amines is 1. The molecule has 0 atom stereocenters. The molecule has 0 aliphatic rings. The van der Waals surface area contributed by atoms with Gasteiger partial charge in [0.05, 0.1) is 4.92 Å². The van der Waals surface area contributed by atoms with Gasteiger partial charge in [-0.2, -0.15) is 5.10 Å². The first-order valence-electron chi connectivity index (χ1n) is 4.59. The number of benzene rings is 1. The lowest BCUT2D eigenvalue weighted by atomic mass is 10.1. The summed E-state index contributed by atoms with van der Waals surface area (Å²) >= 11 is 5.56.